The minimum Gasteiger partial charge on any atom is -0.343 e. The van der Waals surface area contributed by atoms with Crippen LogP contribution in [0.5, 0.6) is 0 Å². The van der Waals surface area contributed by atoms with E-state index in [1.165, 1.54) is 0 Å². The molecule has 0 aromatic carbocycles. The van der Waals surface area contributed by atoms with Gasteiger partial charge in [-0.15, -0.1) is 0 Å². The lowest BCUT2D eigenvalue weighted by molar-refractivity contribution is -0.131. The van der Waals surface area contributed by atoms with Crippen molar-refractivity contribution >= 4 is 5.91 Å². The van der Waals surface area contributed by atoms with E-state index in [0.717, 1.165) is 45.6 Å². The Bertz CT molecular complexity index is 282. The van der Waals surface area contributed by atoms with Gasteiger partial charge in [0.2, 0.25) is 5.91 Å². The van der Waals surface area contributed by atoms with Crippen molar-refractivity contribution < 1.29 is 4.79 Å². The summed E-state index contributed by atoms with van der Waals surface area (Å²) in [5.74, 6) is 0.203. The maximum Gasteiger partial charge on any atom is 0.224 e. The van der Waals surface area contributed by atoms with Crippen molar-refractivity contribution in [1.82, 2.24) is 9.80 Å². The highest BCUT2D eigenvalue weighted by atomic mass is 16.2. The summed E-state index contributed by atoms with van der Waals surface area (Å²) in [7, 11) is 0. The van der Waals surface area contributed by atoms with Gasteiger partial charge < -0.3 is 15.5 Å². The molecule has 1 amide bonds. The molecule has 0 aliphatic heterocycles. The zero-order chi connectivity index (χ0) is 16.5. The topological polar surface area (TPSA) is 49.6 Å². The van der Waals surface area contributed by atoms with Gasteiger partial charge in [-0.3, -0.25) is 4.79 Å². The van der Waals surface area contributed by atoms with Crippen molar-refractivity contribution in [2.24, 2.45) is 11.1 Å². The van der Waals surface area contributed by atoms with Gasteiger partial charge in [0.05, 0.1) is 0 Å². The molecule has 0 rings (SSSR count). The summed E-state index contributed by atoms with van der Waals surface area (Å²) in [6, 6.07) is -0.0330. The van der Waals surface area contributed by atoms with Crippen molar-refractivity contribution in [1.29, 1.82) is 0 Å². The lowest BCUT2D eigenvalue weighted by atomic mass is 9.87. The van der Waals surface area contributed by atoms with Crippen LogP contribution in [0.4, 0.5) is 0 Å². The first-order valence-corrected chi connectivity index (χ1v) is 8.49. The van der Waals surface area contributed by atoms with Gasteiger partial charge >= 0.3 is 0 Å². The Labute approximate surface area is 132 Å². The van der Waals surface area contributed by atoms with Gasteiger partial charge in [-0.25, -0.2) is 0 Å². The Hall–Kier alpha value is -0.610. The molecule has 1 atom stereocenters. The third kappa shape index (κ3) is 9.86. The largest absolute Gasteiger partial charge is 0.343 e. The molecular formula is C17H37N3O. The van der Waals surface area contributed by atoms with Crippen LogP contribution in [0.15, 0.2) is 0 Å². The van der Waals surface area contributed by atoms with Crippen LogP contribution in [0.1, 0.15) is 60.8 Å². The van der Waals surface area contributed by atoms with E-state index in [4.69, 9.17) is 5.73 Å². The standard InChI is InChI=1S/C17H37N3O/c1-7-19(8-2)11-10-12-20(9-3)16(21)13-15(18)14-17(4,5)6/h15H,7-14,18H2,1-6H3. The van der Waals surface area contributed by atoms with Gasteiger partial charge in [0, 0.05) is 25.6 Å². The fraction of sp³-hybridized carbons (Fsp3) is 0.941. The summed E-state index contributed by atoms with van der Waals surface area (Å²) in [6.45, 7) is 17.7. The molecular weight excluding hydrogens is 262 g/mol. The van der Waals surface area contributed by atoms with Crippen molar-refractivity contribution in [2.45, 2.75) is 66.8 Å². The third-order valence-electron chi connectivity index (χ3n) is 3.84. The van der Waals surface area contributed by atoms with E-state index >= 15 is 0 Å². The van der Waals surface area contributed by atoms with Gasteiger partial charge in [0.15, 0.2) is 0 Å². The SMILES string of the molecule is CCN(CC)CCCN(CC)C(=O)CC(N)CC(C)(C)C. The monoisotopic (exact) mass is 299 g/mol. The molecule has 1 unspecified atom stereocenters. The number of hydrogen-bond donors (Lipinski definition) is 1. The van der Waals surface area contributed by atoms with Gasteiger partial charge in [-0.1, -0.05) is 34.6 Å². The summed E-state index contributed by atoms with van der Waals surface area (Å²) in [5, 5.41) is 0. The molecule has 2 N–H and O–H groups in total. The van der Waals surface area contributed by atoms with Crippen LogP contribution in [0.3, 0.4) is 0 Å². The molecule has 0 bridgehead atoms. The molecule has 4 nitrogen and oxygen atoms in total. The van der Waals surface area contributed by atoms with E-state index in [-0.39, 0.29) is 17.4 Å². The summed E-state index contributed by atoms with van der Waals surface area (Å²) in [6.07, 6.45) is 2.39. The van der Waals surface area contributed by atoms with Crippen molar-refractivity contribution in [3.63, 3.8) is 0 Å². The Morgan fingerprint density at radius 1 is 1.05 bits per heavy atom. The number of hydrogen-bond acceptors (Lipinski definition) is 3. The summed E-state index contributed by atoms with van der Waals surface area (Å²) >= 11 is 0. The molecule has 0 saturated heterocycles. The zero-order valence-electron chi connectivity index (χ0n) is 15.1. The Morgan fingerprint density at radius 3 is 2.05 bits per heavy atom. The number of rotatable bonds is 10. The highest BCUT2D eigenvalue weighted by Crippen LogP contribution is 2.21. The van der Waals surface area contributed by atoms with Crippen molar-refractivity contribution in [3.05, 3.63) is 0 Å². The van der Waals surface area contributed by atoms with E-state index in [1.807, 2.05) is 11.8 Å². The molecule has 126 valence electrons. The van der Waals surface area contributed by atoms with Crippen LogP contribution in [-0.2, 0) is 4.79 Å². The number of carbonyl (C=O) groups is 1. The second-order valence-electron chi connectivity index (χ2n) is 7.08. The van der Waals surface area contributed by atoms with Crippen LogP contribution >= 0.6 is 0 Å². The molecule has 0 fully saturated rings. The Kier molecular flexibility index (Phi) is 9.88. The number of carbonyl (C=O) groups excluding carboxylic acids is 1. The van der Waals surface area contributed by atoms with Crippen LogP contribution in [0, 0.1) is 5.41 Å². The predicted octanol–water partition coefficient (Wildman–Crippen LogP) is 2.72. The van der Waals surface area contributed by atoms with Gasteiger partial charge in [-0.05, 0) is 44.8 Å². The third-order valence-corrected chi connectivity index (χ3v) is 3.84. The van der Waals surface area contributed by atoms with Crippen LogP contribution in [0.25, 0.3) is 0 Å². The van der Waals surface area contributed by atoms with E-state index in [0.29, 0.717) is 6.42 Å². The molecule has 0 aromatic heterocycles. The maximum absolute atomic E-state index is 12.3. The molecule has 0 aromatic rings. The number of amides is 1. The molecule has 21 heavy (non-hydrogen) atoms. The fourth-order valence-corrected chi connectivity index (χ4v) is 2.70. The second kappa shape index (κ2) is 10.2. The molecule has 0 radical (unpaired) electrons. The molecule has 0 aliphatic carbocycles. The molecule has 0 heterocycles. The van der Waals surface area contributed by atoms with Crippen LogP contribution in [0.2, 0.25) is 0 Å². The van der Waals surface area contributed by atoms with E-state index in [9.17, 15) is 4.79 Å². The second-order valence-corrected chi connectivity index (χ2v) is 7.08. The van der Waals surface area contributed by atoms with Crippen molar-refractivity contribution in [3.8, 4) is 0 Å². The Morgan fingerprint density at radius 2 is 1.62 bits per heavy atom. The van der Waals surface area contributed by atoms with Crippen molar-refractivity contribution in [2.75, 3.05) is 32.7 Å². The molecule has 0 aliphatic rings. The van der Waals surface area contributed by atoms with Gasteiger partial charge in [0.25, 0.3) is 0 Å². The van der Waals surface area contributed by atoms with Gasteiger partial charge in [0.1, 0.15) is 0 Å². The minimum absolute atomic E-state index is 0.0330. The fourth-order valence-electron chi connectivity index (χ4n) is 2.70. The summed E-state index contributed by atoms with van der Waals surface area (Å²) < 4.78 is 0. The smallest absolute Gasteiger partial charge is 0.224 e. The molecule has 4 heteroatoms. The number of nitrogens with zero attached hydrogens (tertiary/aromatic N) is 2. The van der Waals surface area contributed by atoms with Crippen LogP contribution in [-0.4, -0.2) is 54.5 Å². The highest BCUT2D eigenvalue weighted by molar-refractivity contribution is 5.76. The Balaban J connectivity index is 4.18. The first-order chi connectivity index (χ1) is 9.73. The first-order valence-electron chi connectivity index (χ1n) is 8.49. The minimum atomic E-state index is -0.0330. The molecule has 0 saturated carbocycles. The average Bonchev–Trinajstić information content (AvgIpc) is 2.36. The predicted molar refractivity (Wildman–Crippen MR) is 91.3 cm³/mol. The summed E-state index contributed by atoms with van der Waals surface area (Å²) in [4.78, 5) is 16.7. The molecule has 0 spiro atoms. The van der Waals surface area contributed by atoms with Gasteiger partial charge in [-0.2, -0.15) is 0 Å². The summed E-state index contributed by atoms with van der Waals surface area (Å²) in [5.41, 5.74) is 6.30. The van der Waals surface area contributed by atoms with E-state index in [2.05, 4.69) is 39.5 Å². The quantitative estimate of drug-likeness (QED) is 0.675. The lowest BCUT2D eigenvalue weighted by Gasteiger charge is -2.27. The van der Waals surface area contributed by atoms with E-state index < -0.39 is 0 Å². The lowest BCUT2D eigenvalue weighted by Crippen LogP contribution is -2.38. The zero-order valence-corrected chi connectivity index (χ0v) is 15.1. The maximum atomic E-state index is 12.3. The highest BCUT2D eigenvalue weighted by Gasteiger charge is 2.20. The van der Waals surface area contributed by atoms with E-state index in [1.54, 1.807) is 0 Å². The normalized spacial score (nSPS) is 13.5. The van der Waals surface area contributed by atoms with Crippen LogP contribution < -0.4 is 5.73 Å². The average molecular weight is 300 g/mol. The number of nitrogens with two attached hydrogens (primary N) is 1. The first kappa shape index (κ1) is 20.4.